The predicted octanol–water partition coefficient (Wildman–Crippen LogP) is 4.32. The van der Waals surface area contributed by atoms with Crippen LogP contribution < -0.4 is 5.48 Å². The van der Waals surface area contributed by atoms with Gasteiger partial charge in [0, 0.05) is 43.0 Å². The fraction of sp³-hybridized carbons (Fsp3) is 0.400. The Morgan fingerprint density at radius 1 is 1.15 bits per heavy atom. The molecule has 3 aromatic rings. The lowest BCUT2D eigenvalue weighted by Crippen LogP contribution is -2.41. The molecule has 1 fully saturated rings. The van der Waals surface area contributed by atoms with E-state index in [2.05, 4.69) is 16.7 Å². The predicted molar refractivity (Wildman–Crippen MR) is 124 cm³/mol. The van der Waals surface area contributed by atoms with Crippen LogP contribution in [0, 0.1) is 0 Å². The smallest absolute Gasteiger partial charge is 0.410 e. The van der Waals surface area contributed by atoms with Gasteiger partial charge in [-0.05, 0) is 74.9 Å². The molecule has 0 saturated carbocycles. The van der Waals surface area contributed by atoms with Crippen molar-refractivity contribution in [1.82, 2.24) is 19.9 Å². The van der Waals surface area contributed by atoms with Gasteiger partial charge in [-0.2, -0.15) is 0 Å². The van der Waals surface area contributed by atoms with Crippen LogP contribution in [0.15, 0.2) is 48.8 Å². The Kier molecular flexibility index (Phi) is 6.37. The molecule has 8 nitrogen and oxygen atoms in total. The third-order valence-electron chi connectivity index (χ3n) is 5.91. The Morgan fingerprint density at radius 2 is 1.85 bits per heavy atom. The van der Waals surface area contributed by atoms with Crippen LogP contribution in [0.4, 0.5) is 4.79 Å². The topological polar surface area (TPSA) is 96.7 Å². The number of pyridine rings is 1. The Bertz CT molecular complexity index is 1140. The molecule has 0 aliphatic carbocycles. The van der Waals surface area contributed by atoms with Gasteiger partial charge < -0.3 is 14.2 Å². The Labute approximate surface area is 193 Å². The highest BCUT2D eigenvalue weighted by Crippen LogP contribution is 2.30. The Morgan fingerprint density at radius 3 is 2.48 bits per heavy atom. The van der Waals surface area contributed by atoms with E-state index in [0.29, 0.717) is 31.1 Å². The van der Waals surface area contributed by atoms with Crippen molar-refractivity contribution in [2.75, 3.05) is 13.1 Å². The third-order valence-corrected chi connectivity index (χ3v) is 5.91. The number of fused-ring (bicyclic) bond motifs is 1. The molecule has 33 heavy (non-hydrogen) atoms. The second kappa shape index (κ2) is 9.23. The Balaban J connectivity index is 1.41. The molecule has 0 unspecified atom stereocenters. The van der Waals surface area contributed by atoms with Crippen molar-refractivity contribution in [3.05, 3.63) is 65.5 Å². The van der Waals surface area contributed by atoms with Crippen LogP contribution in [-0.4, -0.2) is 50.3 Å². The van der Waals surface area contributed by atoms with E-state index in [9.17, 15) is 9.59 Å². The molecule has 2 aromatic heterocycles. The first-order chi connectivity index (χ1) is 15.7. The number of piperidine rings is 1. The molecule has 1 aromatic carbocycles. The van der Waals surface area contributed by atoms with E-state index in [1.807, 2.05) is 45.3 Å². The number of nitrogens with zero attached hydrogens (tertiary/aromatic N) is 3. The first-order valence-electron chi connectivity index (χ1n) is 11.2. The number of rotatable bonds is 4. The van der Waals surface area contributed by atoms with Gasteiger partial charge >= 0.3 is 6.09 Å². The average Bonchev–Trinajstić information content (AvgIpc) is 3.20. The molecule has 2 amide bonds. The average molecular weight is 451 g/mol. The minimum atomic E-state index is -0.529. The van der Waals surface area contributed by atoms with Gasteiger partial charge in [0.25, 0.3) is 5.91 Å². The number of amides is 2. The number of hydrogen-bond donors (Lipinski definition) is 2. The first-order valence-corrected chi connectivity index (χ1v) is 11.2. The fourth-order valence-corrected chi connectivity index (χ4v) is 4.19. The SMILES string of the molecule is CC(C)(C)OC(=O)N1CCC(c2cnc3c(ccn3Cc3ccc(C(=O)NO)cc3)c2)CC1. The van der Waals surface area contributed by atoms with E-state index in [-0.39, 0.29) is 6.09 Å². The highest BCUT2D eigenvalue weighted by atomic mass is 16.6. The molecular formula is C25H30N4O4. The lowest BCUT2D eigenvalue weighted by molar-refractivity contribution is 0.0204. The molecule has 1 aliphatic rings. The summed E-state index contributed by atoms with van der Waals surface area (Å²) in [5.41, 5.74) is 4.69. The summed E-state index contributed by atoms with van der Waals surface area (Å²) in [6.45, 7) is 7.65. The van der Waals surface area contributed by atoms with Gasteiger partial charge in [0.2, 0.25) is 0 Å². The second-order valence-electron chi connectivity index (χ2n) is 9.50. The second-order valence-corrected chi connectivity index (χ2v) is 9.50. The van der Waals surface area contributed by atoms with Crippen LogP contribution in [0.2, 0.25) is 0 Å². The van der Waals surface area contributed by atoms with Crippen LogP contribution >= 0.6 is 0 Å². The van der Waals surface area contributed by atoms with Crippen molar-refractivity contribution in [3.8, 4) is 0 Å². The zero-order chi connectivity index (χ0) is 23.6. The van der Waals surface area contributed by atoms with Crippen LogP contribution in [0.25, 0.3) is 11.0 Å². The van der Waals surface area contributed by atoms with Gasteiger partial charge in [-0.3, -0.25) is 10.0 Å². The number of benzene rings is 1. The number of aromatic nitrogens is 2. The summed E-state index contributed by atoms with van der Waals surface area (Å²) >= 11 is 0. The van der Waals surface area contributed by atoms with Crippen molar-refractivity contribution in [2.45, 2.75) is 51.7 Å². The lowest BCUT2D eigenvalue weighted by Gasteiger charge is -2.33. The van der Waals surface area contributed by atoms with Gasteiger partial charge in [-0.1, -0.05) is 12.1 Å². The van der Waals surface area contributed by atoms with E-state index < -0.39 is 11.5 Å². The minimum Gasteiger partial charge on any atom is -0.444 e. The summed E-state index contributed by atoms with van der Waals surface area (Å²) in [4.78, 5) is 30.3. The first kappa shape index (κ1) is 22.8. The number of carbonyl (C=O) groups excluding carboxylic acids is 2. The van der Waals surface area contributed by atoms with E-state index in [4.69, 9.17) is 14.9 Å². The number of carbonyl (C=O) groups is 2. The van der Waals surface area contributed by atoms with Gasteiger partial charge in [0.15, 0.2) is 0 Å². The lowest BCUT2D eigenvalue weighted by atomic mass is 9.90. The highest BCUT2D eigenvalue weighted by Gasteiger charge is 2.27. The van der Waals surface area contributed by atoms with Crippen molar-refractivity contribution < 1.29 is 19.5 Å². The molecule has 3 heterocycles. The Hall–Kier alpha value is -3.39. The largest absolute Gasteiger partial charge is 0.444 e. The summed E-state index contributed by atoms with van der Waals surface area (Å²) in [6.07, 6.45) is 5.50. The molecule has 0 atom stereocenters. The van der Waals surface area contributed by atoms with E-state index in [0.717, 1.165) is 29.4 Å². The summed E-state index contributed by atoms with van der Waals surface area (Å²) in [5, 5.41) is 9.82. The number of nitrogens with one attached hydrogen (secondary N) is 1. The zero-order valence-corrected chi connectivity index (χ0v) is 19.2. The van der Waals surface area contributed by atoms with Crippen LogP contribution in [0.3, 0.4) is 0 Å². The molecule has 0 spiro atoms. The van der Waals surface area contributed by atoms with E-state index >= 15 is 0 Å². The quantitative estimate of drug-likeness (QED) is 0.456. The molecule has 8 heteroatoms. The maximum Gasteiger partial charge on any atom is 0.410 e. The van der Waals surface area contributed by atoms with E-state index in [1.54, 1.807) is 22.5 Å². The van der Waals surface area contributed by atoms with Crippen LogP contribution in [0.5, 0.6) is 0 Å². The summed E-state index contributed by atoms with van der Waals surface area (Å²) in [7, 11) is 0. The zero-order valence-electron chi connectivity index (χ0n) is 19.2. The number of ether oxygens (including phenoxy) is 1. The maximum absolute atomic E-state index is 12.3. The van der Waals surface area contributed by atoms with Gasteiger partial charge in [0.1, 0.15) is 11.2 Å². The third kappa shape index (κ3) is 5.34. The summed E-state index contributed by atoms with van der Waals surface area (Å²) in [6, 6.07) is 11.4. The molecule has 1 saturated heterocycles. The molecule has 2 N–H and O–H groups in total. The van der Waals surface area contributed by atoms with Crippen molar-refractivity contribution in [2.24, 2.45) is 0 Å². The molecule has 1 aliphatic heterocycles. The number of likely N-dealkylation sites (tertiary alicyclic amines) is 1. The minimum absolute atomic E-state index is 0.239. The number of hydrogen-bond acceptors (Lipinski definition) is 5. The molecule has 174 valence electrons. The molecule has 4 rings (SSSR count). The highest BCUT2D eigenvalue weighted by molar-refractivity contribution is 5.93. The van der Waals surface area contributed by atoms with Crippen molar-refractivity contribution in [3.63, 3.8) is 0 Å². The molecule has 0 radical (unpaired) electrons. The molecular weight excluding hydrogens is 420 g/mol. The van der Waals surface area contributed by atoms with E-state index in [1.165, 1.54) is 5.56 Å². The van der Waals surface area contributed by atoms with Crippen molar-refractivity contribution in [1.29, 1.82) is 0 Å². The summed E-state index contributed by atoms with van der Waals surface area (Å²) in [5.74, 6) is -0.159. The van der Waals surface area contributed by atoms with Gasteiger partial charge in [-0.25, -0.2) is 15.3 Å². The standard InChI is InChI=1S/C25H30N4O4/c1-25(2,3)33-24(31)28-11-8-18(9-12-28)21-14-20-10-13-29(22(20)26-15-21)16-17-4-6-19(7-5-17)23(30)27-32/h4-7,10,13-15,18,32H,8-9,11-12,16H2,1-3H3,(H,27,30). The van der Waals surface area contributed by atoms with Gasteiger partial charge in [-0.15, -0.1) is 0 Å². The molecule has 0 bridgehead atoms. The normalized spacial score (nSPS) is 15.0. The van der Waals surface area contributed by atoms with Crippen LogP contribution in [0.1, 0.15) is 61.0 Å². The van der Waals surface area contributed by atoms with Crippen molar-refractivity contribution >= 4 is 23.0 Å². The fourth-order valence-electron chi connectivity index (χ4n) is 4.19. The monoisotopic (exact) mass is 450 g/mol. The van der Waals surface area contributed by atoms with Gasteiger partial charge in [0.05, 0.1) is 0 Å². The van der Waals surface area contributed by atoms with Crippen LogP contribution in [-0.2, 0) is 11.3 Å². The maximum atomic E-state index is 12.3. The summed E-state index contributed by atoms with van der Waals surface area (Å²) < 4.78 is 7.57. The number of hydroxylamine groups is 1.